The first-order chi connectivity index (χ1) is 15.7. The van der Waals surface area contributed by atoms with E-state index in [2.05, 4.69) is 17.2 Å². The summed E-state index contributed by atoms with van der Waals surface area (Å²) in [5.74, 6) is 3.35. The molecule has 0 amide bonds. The molecule has 7 nitrogen and oxygen atoms in total. The zero-order valence-electron chi connectivity index (χ0n) is 20.3. The molecule has 0 unspecified atom stereocenters. The highest BCUT2D eigenvalue weighted by molar-refractivity contribution is 5.87. The Morgan fingerprint density at radius 1 is 1.09 bits per heavy atom. The number of nitrogens with zero attached hydrogens (tertiary/aromatic N) is 3. The van der Waals surface area contributed by atoms with Gasteiger partial charge in [0.15, 0.2) is 11.5 Å². The molecule has 182 valence electrons. The molecule has 4 fully saturated rings. The van der Waals surface area contributed by atoms with Gasteiger partial charge in [-0.2, -0.15) is 0 Å². The maximum atomic E-state index is 13.4. The smallest absolute Gasteiger partial charge is 0.360 e. The number of carbonyl (C=O) groups is 2. The molecule has 1 heterocycles. The van der Waals surface area contributed by atoms with Gasteiger partial charge in [0.2, 0.25) is 0 Å². The number of aliphatic hydroxyl groups is 1. The van der Waals surface area contributed by atoms with Gasteiger partial charge in [0.05, 0.1) is 18.4 Å². The van der Waals surface area contributed by atoms with Crippen molar-refractivity contribution < 1.29 is 19.4 Å². The minimum atomic E-state index is -0.498. The van der Waals surface area contributed by atoms with Crippen molar-refractivity contribution in [3.05, 3.63) is 11.9 Å². The van der Waals surface area contributed by atoms with Crippen LogP contribution in [0, 0.1) is 40.9 Å². The van der Waals surface area contributed by atoms with Crippen LogP contribution in [0.25, 0.3) is 0 Å². The molecule has 1 aromatic rings. The topological polar surface area (TPSA) is 94.3 Å². The van der Waals surface area contributed by atoms with Crippen LogP contribution in [0.15, 0.2) is 6.20 Å². The van der Waals surface area contributed by atoms with E-state index in [-0.39, 0.29) is 36.0 Å². The van der Waals surface area contributed by atoms with E-state index < -0.39 is 11.6 Å². The van der Waals surface area contributed by atoms with Crippen LogP contribution in [0.1, 0.15) is 89.0 Å². The molecular formula is C26H39N3O4. The molecule has 4 saturated carbocycles. The molecule has 7 heteroatoms. The Kier molecular flexibility index (Phi) is 5.91. The van der Waals surface area contributed by atoms with Crippen molar-refractivity contribution in [2.45, 2.75) is 90.7 Å². The second-order valence-corrected chi connectivity index (χ2v) is 11.8. The second kappa shape index (κ2) is 8.47. The lowest BCUT2D eigenvalue weighted by Gasteiger charge is -2.56. The molecule has 5 rings (SSSR count). The Bertz CT molecular complexity index is 911. The number of ether oxygens (including phenoxy) is 1. The van der Waals surface area contributed by atoms with Crippen molar-refractivity contribution >= 4 is 11.8 Å². The monoisotopic (exact) mass is 457 g/mol. The van der Waals surface area contributed by atoms with E-state index in [1.807, 2.05) is 6.92 Å². The van der Waals surface area contributed by atoms with Crippen molar-refractivity contribution in [2.24, 2.45) is 40.9 Å². The Balaban J connectivity index is 1.26. The van der Waals surface area contributed by atoms with Crippen molar-refractivity contribution in [3.63, 3.8) is 0 Å². The summed E-state index contributed by atoms with van der Waals surface area (Å²) < 4.78 is 6.47. The minimum Gasteiger partial charge on any atom is -0.461 e. The molecule has 0 radical (unpaired) electrons. The van der Waals surface area contributed by atoms with Gasteiger partial charge >= 0.3 is 5.97 Å². The molecule has 0 spiro atoms. The number of hydrogen-bond acceptors (Lipinski definition) is 6. The Morgan fingerprint density at radius 3 is 2.67 bits per heavy atom. The summed E-state index contributed by atoms with van der Waals surface area (Å²) in [6, 6.07) is 0. The predicted octanol–water partition coefficient (Wildman–Crippen LogP) is 4.04. The zero-order chi connectivity index (χ0) is 23.4. The molecule has 4 aliphatic carbocycles. The Morgan fingerprint density at radius 2 is 1.88 bits per heavy atom. The molecule has 33 heavy (non-hydrogen) atoms. The average Bonchev–Trinajstić information content (AvgIpc) is 3.37. The van der Waals surface area contributed by atoms with E-state index in [9.17, 15) is 14.7 Å². The highest BCUT2D eigenvalue weighted by Gasteiger charge is 2.58. The van der Waals surface area contributed by atoms with E-state index in [0.717, 1.165) is 49.9 Å². The number of ketones is 1. The van der Waals surface area contributed by atoms with E-state index >= 15 is 0 Å². The summed E-state index contributed by atoms with van der Waals surface area (Å²) in [4.78, 5) is 25.3. The third-order valence-corrected chi connectivity index (χ3v) is 9.97. The highest BCUT2D eigenvalue weighted by Crippen LogP contribution is 2.64. The van der Waals surface area contributed by atoms with Crippen LogP contribution in [0.3, 0.4) is 0 Å². The summed E-state index contributed by atoms with van der Waals surface area (Å²) in [6.07, 6.45) is 11.6. The number of aromatic nitrogens is 3. The van der Waals surface area contributed by atoms with Crippen LogP contribution in [0.5, 0.6) is 0 Å². The molecule has 0 aromatic carbocycles. The molecule has 0 saturated heterocycles. The first-order valence-corrected chi connectivity index (χ1v) is 13.0. The molecule has 4 aliphatic rings. The number of fused-ring (bicyclic) bond motifs is 5. The number of Topliss-reactive ketones (excluding diaryl/α,β-unsaturated/α-hetero) is 1. The van der Waals surface area contributed by atoms with E-state index in [0.29, 0.717) is 11.8 Å². The van der Waals surface area contributed by atoms with E-state index in [1.165, 1.54) is 36.6 Å². The summed E-state index contributed by atoms with van der Waals surface area (Å²) in [7, 11) is 0. The second-order valence-electron chi connectivity index (χ2n) is 11.8. The third kappa shape index (κ3) is 4.04. The normalized spacial score (nSPS) is 42.2. The summed E-state index contributed by atoms with van der Waals surface area (Å²) in [5.41, 5.74) is -0.254. The molecule has 1 aromatic heterocycles. The summed E-state index contributed by atoms with van der Waals surface area (Å²) >= 11 is 0. The fourth-order valence-electron chi connectivity index (χ4n) is 8.55. The third-order valence-electron chi connectivity index (χ3n) is 9.97. The van der Waals surface area contributed by atoms with Crippen LogP contribution in [0.4, 0.5) is 0 Å². The average molecular weight is 458 g/mol. The number of carbonyl (C=O) groups excluding carboxylic acids is 2. The van der Waals surface area contributed by atoms with Crippen molar-refractivity contribution in [1.82, 2.24) is 15.0 Å². The van der Waals surface area contributed by atoms with E-state index in [4.69, 9.17) is 4.74 Å². The van der Waals surface area contributed by atoms with Gasteiger partial charge in [-0.05, 0) is 107 Å². The summed E-state index contributed by atoms with van der Waals surface area (Å²) in [6.45, 7) is 6.60. The SMILES string of the molecule is CCOC(=O)c1cn(CC(=O)[C@H]2CC[C@H]3[C@@H]4CC[C@@H]5C[C@](C)(O)CC[C@@H]5[C@H]4CC[C@]23C)nn1. The lowest BCUT2D eigenvalue weighted by Crippen LogP contribution is -2.51. The standard InChI is InChI=1S/C26H39N3O4/c1-4-33-24(31)22-14-29(28-27-22)15-23(30)21-8-7-20-19-6-5-16-13-25(2,32)11-9-17(16)18(19)10-12-26(20,21)3/h14,16-21,32H,4-13,15H2,1-3H3/t16-,17+,18-,19-,20+,21-,25-,26+/m1/s1. The zero-order valence-corrected chi connectivity index (χ0v) is 20.3. The molecular weight excluding hydrogens is 418 g/mol. The van der Waals surface area contributed by atoms with Gasteiger partial charge in [0.1, 0.15) is 6.54 Å². The molecule has 0 bridgehead atoms. The first kappa shape index (κ1) is 23.0. The van der Waals surface area contributed by atoms with Gasteiger partial charge in [0, 0.05) is 5.92 Å². The largest absolute Gasteiger partial charge is 0.461 e. The van der Waals surface area contributed by atoms with Crippen LogP contribution in [-0.4, -0.2) is 44.1 Å². The number of esters is 1. The minimum absolute atomic E-state index is 0.0588. The fourth-order valence-corrected chi connectivity index (χ4v) is 8.55. The maximum absolute atomic E-state index is 13.4. The lowest BCUT2D eigenvalue weighted by molar-refractivity contribution is -0.133. The first-order valence-electron chi connectivity index (χ1n) is 13.0. The molecule has 1 N–H and O–H groups in total. The Labute approximate surface area is 196 Å². The van der Waals surface area contributed by atoms with Crippen molar-refractivity contribution in [2.75, 3.05) is 6.61 Å². The molecule has 0 aliphatic heterocycles. The number of hydrogen-bond donors (Lipinski definition) is 1. The lowest BCUT2D eigenvalue weighted by atomic mass is 9.49. The van der Waals surface area contributed by atoms with Gasteiger partial charge in [0.25, 0.3) is 0 Å². The van der Waals surface area contributed by atoms with Gasteiger partial charge in [-0.1, -0.05) is 12.1 Å². The maximum Gasteiger partial charge on any atom is 0.360 e. The van der Waals surface area contributed by atoms with Crippen LogP contribution >= 0.6 is 0 Å². The van der Waals surface area contributed by atoms with Crippen molar-refractivity contribution in [3.8, 4) is 0 Å². The quantitative estimate of drug-likeness (QED) is 0.671. The van der Waals surface area contributed by atoms with E-state index in [1.54, 1.807) is 6.92 Å². The van der Waals surface area contributed by atoms with Crippen molar-refractivity contribution in [1.29, 1.82) is 0 Å². The van der Waals surface area contributed by atoms with Crippen LogP contribution < -0.4 is 0 Å². The highest BCUT2D eigenvalue weighted by atomic mass is 16.5. The number of rotatable bonds is 5. The van der Waals surface area contributed by atoms with Crippen LogP contribution in [0.2, 0.25) is 0 Å². The fraction of sp³-hybridized carbons (Fsp3) is 0.846. The van der Waals surface area contributed by atoms with Crippen LogP contribution in [-0.2, 0) is 16.1 Å². The van der Waals surface area contributed by atoms with Gasteiger partial charge in [-0.25, -0.2) is 9.48 Å². The van der Waals surface area contributed by atoms with Gasteiger partial charge in [-0.15, -0.1) is 5.10 Å². The van der Waals surface area contributed by atoms with Gasteiger partial charge in [-0.3, -0.25) is 4.79 Å². The van der Waals surface area contributed by atoms with Gasteiger partial charge < -0.3 is 9.84 Å². The molecule has 8 atom stereocenters. The predicted molar refractivity (Wildman–Crippen MR) is 122 cm³/mol. The Hall–Kier alpha value is -1.76. The summed E-state index contributed by atoms with van der Waals surface area (Å²) in [5, 5.41) is 18.5.